The van der Waals surface area contributed by atoms with Crippen LogP contribution in [0.3, 0.4) is 0 Å². The summed E-state index contributed by atoms with van der Waals surface area (Å²) in [7, 11) is 0. The second-order valence-corrected chi connectivity index (χ2v) is 5.18. The van der Waals surface area contributed by atoms with Gasteiger partial charge in [0.2, 0.25) is 0 Å². The number of anilines is 1. The predicted octanol–water partition coefficient (Wildman–Crippen LogP) is 3.88. The van der Waals surface area contributed by atoms with Crippen molar-refractivity contribution in [3.8, 4) is 0 Å². The zero-order valence-electron chi connectivity index (χ0n) is 12.7. The quantitative estimate of drug-likeness (QED) is 0.729. The number of carbonyl (C=O) groups excluding carboxylic acids is 1. The molecule has 0 aromatic heterocycles. The number of benzene rings is 1. The van der Waals surface area contributed by atoms with E-state index in [0.29, 0.717) is 12.2 Å². The molecule has 0 aliphatic carbocycles. The first-order valence-electron chi connectivity index (χ1n) is 7.01. The number of hydrogen-bond acceptors (Lipinski definition) is 3. The summed E-state index contributed by atoms with van der Waals surface area (Å²) in [5, 5.41) is 0. The molecule has 0 saturated carbocycles. The smallest absolute Gasteiger partial charge is 0.338 e. The summed E-state index contributed by atoms with van der Waals surface area (Å²) in [5.74, 6) is -0.258. The maximum atomic E-state index is 11.6. The van der Waals surface area contributed by atoms with Gasteiger partial charge in [-0.3, -0.25) is 0 Å². The zero-order chi connectivity index (χ0) is 14.5. The van der Waals surface area contributed by atoms with Gasteiger partial charge in [0, 0.05) is 17.8 Å². The van der Waals surface area contributed by atoms with Gasteiger partial charge in [-0.25, -0.2) is 4.79 Å². The lowest BCUT2D eigenvalue weighted by molar-refractivity contribution is 0.0526. The van der Waals surface area contributed by atoms with Crippen molar-refractivity contribution >= 4 is 11.7 Å². The van der Waals surface area contributed by atoms with Crippen molar-refractivity contribution in [2.24, 2.45) is 0 Å². The third kappa shape index (κ3) is 3.72. The Morgan fingerprint density at radius 1 is 1.16 bits per heavy atom. The summed E-state index contributed by atoms with van der Waals surface area (Å²) >= 11 is 0. The largest absolute Gasteiger partial charge is 0.462 e. The van der Waals surface area contributed by atoms with Crippen LogP contribution in [-0.4, -0.2) is 24.7 Å². The highest BCUT2D eigenvalue weighted by Gasteiger charge is 2.23. The van der Waals surface area contributed by atoms with Gasteiger partial charge >= 0.3 is 5.97 Å². The molecule has 1 rings (SSSR count). The van der Waals surface area contributed by atoms with Crippen LogP contribution in [0, 0.1) is 0 Å². The molecule has 1 aromatic rings. The monoisotopic (exact) mass is 263 g/mol. The van der Waals surface area contributed by atoms with Gasteiger partial charge < -0.3 is 9.64 Å². The van der Waals surface area contributed by atoms with Crippen LogP contribution in [0.25, 0.3) is 0 Å². The molecule has 19 heavy (non-hydrogen) atoms. The molecule has 0 radical (unpaired) electrons. The van der Waals surface area contributed by atoms with Crippen LogP contribution in [0.5, 0.6) is 0 Å². The van der Waals surface area contributed by atoms with Gasteiger partial charge in [0.05, 0.1) is 12.2 Å². The van der Waals surface area contributed by atoms with Gasteiger partial charge in [-0.2, -0.15) is 0 Å². The summed E-state index contributed by atoms with van der Waals surface area (Å²) in [6.45, 7) is 12.0. The molecule has 0 saturated heterocycles. The molecule has 0 aliphatic heterocycles. The van der Waals surface area contributed by atoms with Crippen molar-refractivity contribution in [3.05, 3.63) is 29.8 Å². The standard InChI is InChI=1S/C16H25NO2/c1-6-16(4,5)17(7-2)14-11-9-13(10-12-14)15(18)19-8-3/h9-12H,6-8H2,1-5H3. The van der Waals surface area contributed by atoms with Crippen LogP contribution in [0.4, 0.5) is 5.69 Å². The van der Waals surface area contributed by atoms with E-state index in [0.717, 1.165) is 18.7 Å². The summed E-state index contributed by atoms with van der Waals surface area (Å²) in [5.41, 5.74) is 1.86. The lowest BCUT2D eigenvalue weighted by Crippen LogP contribution is -2.43. The lowest BCUT2D eigenvalue weighted by atomic mass is 9.98. The van der Waals surface area contributed by atoms with E-state index in [4.69, 9.17) is 4.74 Å². The van der Waals surface area contributed by atoms with E-state index in [-0.39, 0.29) is 11.5 Å². The van der Waals surface area contributed by atoms with Gasteiger partial charge in [0.15, 0.2) is 0 Å². The molecular weight excluding hydrogens is 238 g/mol. The Labute approximate surface area is 116 Å². The fourth-order valence-electron chi connectivity index (χ4n) is 2.14. The number of rotatable bonds is 6. The molecule has 0 N–H and O–H groups in total. The maximum Gasteiger partial charge on any atom is 0.338 e. The predicted molar refractivity (Wildman–Crippen MR) is 79.8 cm³/mol. The van der Waals surface area contributed by atoms with E-state index in [1.807, 2.05) is 31.2 Å². The number of hydrogen-bond donors (Lipinski definition) is 0. The topological polar surface area (TPSA) is 29.5 Å². The van der Waals surface area contributed by atoms with E-state index < -0.39 is 0 Å². The number of esters is 1. The average molecular weight is 263 g/mol. The van der Waals surface area contributed by atoms with Gasteiger partial charge in [-0.1, -0.05) is 6.92 Å². The van der Waals surface area contributed by atoms with E-state index in [1.165, 1.54) is 0 Å². The van der Waals surface area contributed by atoms with Crippen molar-refractivity contribution in [1.29, 1.82) is 0 Å². The second kappa shape index (κ2) is 6.60. The van der Waals surface area contributed by atoms with Crippen molar-refractivity contribution in [2.45, 2.75) is 46.6 Å². The first kappa shape index (κ1) is 15.5. The molecule has 0 spiro atoms. The minimum atomic E-state index is -0.258. The summed E-state index contributed by atoms with van der Waals surface area (Å²) in [4.78, 5) is 14.0. The van der Waals surface area contributed by atoms with Gasteiger partial charge in [0.25, 0.3) is 0 Å². The second-order valence-electron chi connectivity index (χ2n) is 5.18. The number of nitrogens with zero attached hydrogens (tertiary/aromatic N) is 1. The molecular formula is C16H25NO2. The van der Waals surface area contributed by atoms with Gasteiger partial charge in [-0.15, -0.1) is 0 Å². The van der Waals surface area contributed by atoms with E-state index in [9.17, 15) is 4.79 Å². The van der Waals surface area contributed by atoms with E-state index in [2.05, 4.69) is 32.6 Å². The van der Waals surface area contributed by atoms with Gasteiger partial charge in [0.1, 0.15) is 0 Å². The lowest BCUT2D eigenvalue weighted by Gasteiger charge is -2.39. The molecule has 0 amide bonds. The minimum absolute atomic E-state index is 0.111. The Bertz CT molecular complexity index is 409. The first-order chi connectivity index (χ1) is 8.96. The normalized spacial score (nSPS) is 11.2. The van der Waals surface area contributed by atoms with Crippen LogP contribution in [0.15, 0.2) is 24.3 Å². The molecule has 0 aliphatic rings. The highest BCUT2D eigenvalue weighted by Crippen LogP contribution is 2.26. The molecule has 0 atom stereocenters. The fraction of sp³-hybridized carbons (Fsp3) is 0.562. The molecule has 106 valence electrons. The molecule has 3 nitrogen and oxygen atoms in total. The number of carbonyl (C=O) groups is 1. The molecule has 0 bridgehead atoms. The van der Waals surface area contributed by atoms with Gasteiger partial charge in [-0.05, 0) is 58.4 Å². The molecule has 0 heterocycles. The third-order valence-corrected chi connectivity index (χ3v) is 3.60. The molecule has 1 aromatic carbocycles. The van der Waals surface area contributed by atoms with Crippen LogP contribution in [0.1, 0.15) is 51.4 Å². The molecule has 3 heteroatoms. The minimum Gasteiger partial charge on any atom is -0.462 e. The van der Waals surface area contributed by atoms with E-state index in [1.54, 1.807) is 0 Å². The van der Waals surface area contributed by atoms with Crippen molar-refractivity contribution in [2.75, 3.05) is 18.1 Å². The third-order valence-electron chi connectivity index (χ3n) is 3.60. The maximum absolute atomic E-state index is 11.6. The SMILES string of the molecule is CCOC(=O)c1ccc(N(CC)C(C)(C)CC)cc1. The van der Waals surface area contributed by atoms with Crippen LogP contribution >= 0.6 is 0 Å². The highest BCUT2D eigenvalue weighted by molar-refractivity contribution is 5.89. The average Bonchev–Trinajstić information content (AvgIpc) is 2.40. The van der Waals surface area contributed by atoms with Crippen molar-refractivity contribution in [1.82, 2.24) is 0 Å². The number of ether oxygens (including phenoxy) is 1. The Morgan fingerprint density at radius 3 is 2.16 bits per heavy atom. The van der Waals surface area contributed by atoms with Crippen molar-refractivity contribution < 1.29 is 9.53 Å². The Balaban J connectivity index is 2.94. The Morgan fingerprint density at radius 2 is 1.74 bits per heavy atom. The Kier molecular flexibility index (Phi) is 5.40. The van der Waals surface area contributed by atoms with E-state index >= 15 is 0 Å². The Hall–Kier alpha value is -1.51. The summed E-state index contributed by atoms with van der Waals surface area (Å²) in [6, 6.07) is 7.66. The highest BCUT2D eigenvalue weighted by atomic mass is 16.5. The zero-order valence-corrected chi connectivity index (χ0v) is 12.7. The van der Waals surface area contributed by atoms with Crippen LogP contribution in [-0.2, 0) is 4.74 Å². The van der Waals surface area contributed by atoms with Crippen LogP contribution in [0.2, 0.25) is 0 Å². The fourth-order valence-corrected chi connectivity index (χ4v) is 2.14. The first-order valence-corrected chi connectivity index (χ1v) is 7.01. The molecule has 0 fully saturated rings. The molecule has 0 unspecified atom stereocenters. The summed E-state index contributed by atoms with van der Waals surface area (Å²) in [6.07, 6.45) is 1.07. The summed E-state index contributed by atoms with van der Waals surface area (Å²) < 4.78 is 4.99. The van der Waals surface area contributed by atoms with Crippen molar-refractivity contribution in [3.63, 3.8) is 0 Å². The van der Waals surface area contributed by atoms with Crippen LogP contribution < -0.4 is 4.90 Å².